The molecule has 3 aromatic rings. The summed E-state index contributed by atoms with van der Waals surface area (Å²) in [5, 5.41) is 11.9. The van der Waals surface area contributed by atoms with Crippen LogP contribution in [-0.2, 0) is 11.3 Å². The molecule has 0 atom stereocenters. The van der Waals surface area contributed by atoms with Gasteiger partial charge in [-0.1, -0.05) is 23.4 Å². The molecule has 0 radical (unpaired) electrons. The molecule has 0 bridgehead atoms. The van der Waals surface area contributed by atoms with Crippen LogP contribution in [0.25, 0.3) is 10.8 Å². The fraction of sp³-hybridized carbons (Fsp3) is 0.263. The van der Waals surface area contributed by atoms with E-state index < -0.39 is 5.91 Å². The van der Waals surface area contributed by atoms with E-state index in [-0.39, 0.29) is 24.0 Å². The summed E-state index contributed by atoms with van der Waals surface area (Å²) in [5.41, 5.74) is 0.581. The summed E-state index contributed by atoms with van der Waals surface area (Å²) in [4.78, 5) is 26.4. The predicted molar refractivity (Wildman–Crippen MR) is 97.7 cm³/mol. The zero-order valence-electron chi connectivity index (χ0n) is 14.6. The Hall–Kier alpha value is -3.29. The zero-order valence-corrected chi connectivity index (χ0v) is 14.6. The van der Waals surface area contributed by atoms with Gasteiger partial charge in [0.25, 0.3) is 5.91 Å². The van der Waals surface area contributed by atoms with Crippen LogP contribution < -0.4 is 5.32 Å². The summed E-state index contributed by atoms with van der Waals surface area (Å²) >= 11 is 0. The third-order valence-corrected chi connectivity index (χ3v) is 4.62. The van der Waals surface area contributed by atoms with E-state index in [0.29, 0.717) is 11.1 Å². The molecule has 8 heteroatoms. The van der Waals surface area contributed by atoms with Gasteiger partial charge >= 0.3 is 0 Å². The van der Waals surface area contributed by atoms with Crippen LogP contribution in [0.15, 0.2) is 42.6 Å². The molecule has 27 heavy (non-hydrogen) atoms. The Kier molecular flexibility index (Phi) is 4.53. The number of likely N-dealkylation sites (tertiary alicyclic amines) is 1. The molecule has 1 saturated heterocycles. The Labute approximate surface area is 154 Å². The second kappa shape index (κ2) is 7.14. The highest BCUT2D eigenvalue weighted by molar-refractivity contribution is 6.08. The van der Waals surface area contributed by atoms with E-state index in [9.17, 15) is 14.0 Å². The summed E-state index contributed by atoms with van der Waals surface area (Å²) in [7, 11) is 0. The first kappa shape index (κ1) is 17.1. The maximum Gasteiger partial charge on any atom is 0.277 e. The molecule has 0 saturated carbocycles. The number of amides is 2. The van der Waals surface area contributed by atoms with Crippen LogP contribution in [0.3, 0.4) is 0 Å². The van der Waals surface area contributed by atoms with Crippen molar-refractivity contribution in [2.75, 3.05) is 18.4 Å². The maximum atomic E-state index is 13.6. The first-order valence-electron chi connectivity index (χ1n) is 8.78. The highest BCUT2D eigenvalue weighted by Gasteiger charge is 2.19. The molecule has 0 aliphatic carbocycles. The van der Waals surface area contributed by atoms with Gasteiger partial charge in [-0.15, -0.1) is 5.10 Å². The summed E-state index contributed by atoms with van der Waals surface area (Å²) in [5.74, 6) is -0.879. The molecule has 4 rings (SSSR count). The number of anilines is 1. The Morgan fingerprint density at radius 2 is 1.96 bits per heavy atom. The average molecular weight is 367 g/mol. The molecule has 2 heterocycles. The number of fused-ring (bicyclic) bond motifs is 1. The van der Waals surface area contributed by atoms with Gasteiger partial charge in [0.2, 0.25) is 5.91 Å². The van der Waals surface area contributed by atoms with Crippen molar-refractivity contribution in [3.63, 3.8) is 0 Å². The van der Waals surface area contributed by atoms with Gasteiger partial charge in [0.05, 0.1) is 6.20 Å². The molecule has 0 unspecified atom stereocenters. The molecule has 2 amide bonds. The van der Waals surface area contributed by atoms with Crippen LogP contribution in [0.4, 0.5) is 10.1 Å². The van der Waals surface area contributed by atoms with Crippen LogP contribution in [0.5, 0.6) is 0 Å². The number of halogens is 1. The third kappa shape index (κ3) is 3.64. The molecule has 138 valence electrons. The van der Waals surface area contributed by atoms with E-state index in [4.69, 9.17) is 0 Å². The standard InChI is InChI=1S/C19H18FN5O2/c20-14-7-6-13-4-3-5-16(15(13)10-14)21-19(27)17-11-25(23-22-17)12-18(26)24-8-1-2-9-24/h3-7,10-11H,1-2,8-9,12H2,(H,21,27). The fourth-order valence-corrected chi connectivity index (χ4v) is 3.23. The SMILES string of the molecule is O=C(Nc1cccc2ccc(F)cc12)c1cn(CC(=O)N2CCCC2)nn1. The lowest BCUT2D eigenvalue weighted by atomic mass is 10.1. The predicted octanol–water partition coefficient (Wildman–Crippen LogP) is 2.45. The largest absolute Gasteiger partial charge is 0.341 e. The minimum Gasteiger partial charge on any atom is -0.341 e. The highest BCUT2D eigenvalue weighted by atomic mass is 19.1. The smallest absolute Gasteiger partial charge is 0.277 e. The number of rotatable bonds is 4. The van der Waals surface area contributed by atoms with Crippen molar-refractivity contribution >= 4 is 28.3 Å². The fourth-order valence-electron chi connectivity index (χ4n) is 3.23. The summed E-state index contributed by atoms with van der Waals surface area (Å²) in [6.07, 6.45) is 3.47. The van der Waals surface area contributed by atoms with Crippen molar-refractivity contribution in [2.24, 2.45) is 0 Å². The molecular formula is C19H18FN5O2. The molecule has 1 aliphatic rings. The summed E-state index contributed by atoms with van der Waals surface area (Å²) in [6.45, 7) is 1.58. The van der Waals surface area contributed by atoms with Crippen molar-refractivity contribution in [3.8, 4) is 0 Å². The molecule has 7 nitrogen and oxygen atoms in total. The van der Waals surface area contributed by atoms with E-state index in [1.165, 1.54) is 23.0 Å². The number of benzene rings is 2. The number of hydrogen-bond acceptors (Lipinski definition) is 4. The average Bonchev–Trinajstić information content (AvgIpc) is 3.34. The molecular weight excluding hydrogens is 349 g/mol. The Balaban J connectivity index is 1.48. The van der Waals surface area contributed by atoms with Crippen LogP contribution in [0.2, 0.25) is 0 Å². The van der Waals surface area contributed by atoms with E-state index in [2.05, 4.69) is 15.6 Å². The number of nitrogens with one attached hydrogen (secondary N) is 1. The summed E-state index contributed by atoms with van der Waals surface area (Å²) < 4.78 is 14.9. The van der Waals surface area contributed by atoms with Crippen molar-refractivity contribution < 1.29 is 14.0 Å². The van der Waals surface area contributed by atoms with Crippen LogP contribution in [0, 0.1) is 5.82 Å². The van der Waals surface area contributed by atoms with E-state index in [1.54, 1.807) is 23.1 Å². The van der Waals surface area contributed by atoms with E-state index in [1.807, 2.05) is 6.07 Å². The Bertz CT molecular complexity index is 1010. The lowest BCUT2D eigenvalue weighted by Gasteiger charge is -2.14. The molecule has 0 spiro atoms. The molecule has 2 aromatic carbocycles. The third-order valence-electron chi connectivity index (χ3n) is 4.62. The lowest BCUT2D eigenvalue weighted by molar-refractivity contribution is -0.130. The molecule has 1 aromatic heterocycles. The molecule has 1 aliphatic heterocycles. The van der Waals surface area contributed by atoms with Crippen molar-refractivity contribution in [1.82, 2.24) is 19.9 Å². The number of carbonyl (C=O) groups is 2. The van der Waals surface area contributed by atoms with E-state index >= 15 is 0 Å². The highest BCUT2D eigenvalue weighted by Crippen LogP contribution is 2.24. The van der Waals surface area contributed by atoms with Crippen LogP contribution in [0.1, 0.15) is 23.3 Å². The molecule has 1 N–H and O–H groups in total. The topological polar surface area (TPSA) is 80.1 Å². The van der Waals surface area contributed by atoms with Crippen molar-refractivity contribution in [1.29, 1.82) is 0 Å². The van der Waals surface area contributed by atoms with Gasteiger partial charge in [0, 0.05) is 24.2 Å². The van der Waals surface area contributed by atoms with Gasteiger partial charge in [-0.3, -0.25) is 9.59 Å². The van der Waals surface area contributed by atoms with Gasteiger partial charge < -0.3 is 10.2 Å². The van der Waals surface area contributed by atoms with Gasteiger partial charge in [0.15, 0.2) is 5.69 Å². The minimum absolute atomic E-state index is 0.0334. The van der Waals surface area contributed by atoms with Crippen molar-refractivity contribution in [3.05, 3.63) is 54.1 Å². The minimum atomic E-state index is -0.466. The van der Waals surface area contributed by atoms with E-state index in [0.717, 1.165) is 31.3 Å². The second-order valence-corrected chi connectivity index (χ2v) is 6.51. The zero-order chi connectivity index (χ0) is 18.8. The van der Waals surface area contributed by atoms with Gasteiger partial charge in [-0.25, -0.2) is 9.07 Å². The number of carbonyl (C=O) groups excluding carboxylic acids is 2. The number of aromatic nitrogens is 3. The lowest BCUT2D eigenvalue weighted by Crippen LogP contribution is -2.31. The first-order chi connectivity index (χ1) is 13.1. The van der Waals surface area contributed by atoms with Crippen molar-refractivity contribution in [2.45, 2.75) is 19.4 Å². The summed E-state index contributed by atoms with van der Waals surface area (Å²) in [6, 6.07) is 9.71. The van der Waals surface area contributed by atoms with Gasteiger partial charge in [-0.2, -0.15) is 0 Å². The Morgan fingerprint density at radius 1 is 1.15 bits per heavy atom. The normalized spacial score (nSPS) is 13.9. The Morgan fingerprint density at radius 3 is 2.78 bits per heavy atom. The first-order valence-corrected chi connectivity index (χ1v) is 8.78. The number of nitrogens with zero attached hydrogens (tertiary/aromatic N) is 4. The number of hydrogen-bond donors (Lipinski definition) is 1. The molecule has 1 fully saturated rings. The second-order valence-electron chi connectivity index (χ2n) is 6.51. The quantitative estimate of drug-likeness (QED) is 0.768. The van der Waals surface area contributed by atoms with Gasteiger partial charge in [-0.05, 0) is 36.4 Å². The monoisotopic (exact) mass is 367 g/mol. The maximum absolute atomic E-state index is 13.6. The van der Waals surface area contributed by atoms with Crippen LogP contribution in [-0.4, -0.2) is 44.8 Å². The van der Waals surface area contributed by atoms with Crippen LogP contribution >= 0.6 is 0 Å². The van der Waals surface area contributed by atoms with Gasteiger partial charge in [0.1, 0.15) is 12.4 Å².